The van der Waals surface area contributed by atoms with Gasteiger partial charge in [0, 0.05) is 52.1 Å². The zero-order chi connectivity index (χ0) is 50.4. The van der Waals surface area contributed by atoms with Gasteiger partial charge in [-0.05, 0) is 132 Å². The maximum Gasteiger partial charge on any atom is 0.0726 e. The first-order valence-electron chi connectivity index (χ1n) is 26.0. The van der Waals surface area contributed by atoms with Crippen molar-refractivity contribution in [2.45, 2.75) is 83.8 Å². The van der Waals surface area contributed by atoms with Gasteiger partial charge in [-0.2, -0.15) is 0 Å². The van der Waals surface area contributed by atoms with Gasteiger partial charge in [0.1, 0.15) is 0 Å². The van der Waals surface area contributed by atoms with Crippen LogP contribution in [-0.4, -0.2) is 4.98 Å². The number of pyridine rings is 1. The van der Waals surface area contributed by atoms with Crippen molar-refractivity contribution < 1.29 is 12.3 Å². The lowest BCUT2D eigenvalue weighted by atomic mass is 9.68. The molecular weight excluding hydrogens is 749 g/mol. The van der Waals surface area contributed by atoms with E-state index in [1.54, 1.807) is 12.1 Å². The van der Waals surface area contributed by atoms with E-state index < -0.39 is 31.4 Å². The number of rotatable bonds is 4. The van der Waals surface area contributed by atoms with Gasteiger partial charge in [-0.15, -0.1) is 0 Å². The fourth-order valence-corrected chi connectivity index (χ4v) is 10.8. The van der Waals surface area contributed by atoms with Crippen LogP contribution in [0.2, 0.25) is 0 Å². The number of aromatic nitrogens is 1. The van der Waals surface area contributed by atoms with E-state index in [2.05, 4.69) is 155 Å². The molecule has 3 aliphatic rings. The van der Waals surface area contributed by atoms with Gasteiger partial charge in [-0.1, -0.05) is 177 Å². The van der Waals surface area contributed by atoms with Crippen LogP contribution in [0.1, 0.15) is 118 Å². The molecule has 2 heteroatoms. The summed E-state index contributed by atoms with van der Waals surface area (Å²) in [7, 11) is 0. The Morgan fingerprint density at radius 3 is 1.55 bits per heavy atom. The van der Waals surface area contributed by atoms with Crippen LogP contribution in [0.15, 0.2) is 164 Å². The Morgan fingerprint density at radius 2 is 0.952 bits per heavy atom. The summed E-state index contributed by atoms with van der Waals surface area (Å²) in [4.78, 5) is 7.03. The van der Waals surface area contributed by atoms with E-state index in [-0.39, 0.29) is 16.4 Å². The summed E-state index contributed by atoms with van der Waals surface area (Å²) >= 11 is 0. The normalized spacial score (nSPS) is 19.1. The van der Waals surface area contributed by atoms with Gasteiger partial charge < -0.3 is 4.90 Å². The lowest BCUT2D eigenvalue weighted by Crippen LogP contribution is -2.27. The minimum Gasteiger partial charge on any atom is -0.310 e. The fraction of sp³-hybridized carbons (Fsp3) is 0.217. The Bertz CT molecular complexity index is 3450. The number of hydrogen-bond donors (Lipinski definition) is 0. The van der Waals surface area contributed by atoms with Crippen molar-refractivity contribution in [2.24, 2.45) is 0 Å². The Labute approximate surface area is 380 Å². The molecule has 8 aromatic rings. The van der Waals surface area contributed by atoms with Crippen LogP contribution in [0.3, 0.4) is 0 Å². The van der Waals surface area contributed by atoms with Gasteiger partial charge in [0.15, 0.2) is 0 Å². The number of anilines is 3. The number of aryl methyl sites for hydroxylation is 1. The van der Waals surface area contributed by atoms with Gasteiger partial charge in [-0.25, -0.2) is 0 Å². The molecule has 0 bridgehead atoms. The van der Waals surface area contributed by atoms with E-state index in [1.807, 2.05) is 37.4 Å². The molecule has 0 N–H and O–H groups in total. The molecule has 7 aromatic carbocycles. The summed E-state index contributed by atoms with van der Waals surface area (Å²) in [5.41, 5.74) is 13.5. The molecule has 62 heavy (non-hydrogen) atoms. The summed E-state index contributed by atoms with van der Waals surface area (Å²) in [5.74, 6) is 0. The van der Waals surface area contributed by atoms with E-state index in [1.165, 1.54) is 28.3 Å². The first-order chi connectivity index (χ1) is 33.4. The fourth-order valence-electron chi connectivity index (χ4n) is 10.8. The molecule has 1 aromatic heterocycles. The molecule has 0 aliphatic heterocycles. The zero-order valence-corrected chi connectivity index (χ0v) is 36.0. The highest BCUT2D eigenvalue weighted by molar-refractivity contribution is 5.98. The Kier molecular flexibility index (Phi) is 6.34. The molecule has 0 saturated carbocycles. The van der Waals surface area contributed by atoms with Crippen LogP contribution in [-0.2, 0) is 21.7 Å². The molecular formula is C60H54N2. The lowest BCUT2D eigenvalue weighted by molar-refractivity contribution is 0.586. The molecule has 1 spiro atoms. The van der Waals surface area contributed by atoms with Gasteiger partial charge in [0.25, 0.3) is 0 Å². The second kappa shape index (κ2) is 13.2. The van der Waals surface area contributed by atoms with Gasteiger partial charge in [0.2, 0.25) is 0 Å². The third-order valence-corrected chi connectivity index (χ3v) is 13.9. The molecule has 2 nitrogen and oxygen atoms in total. The number of para-hydroxylation sites is 1. The van der Waals surface area contributed by atoms with E-state index in [0.29, 0.717) is 5.56 Å². The molecule has 0 amide bonds. The summed E-state index contributed by atoms with van der Waals surface area (Å²) in [6.45, 7) is 2.72. The zero-order valence-electron chi connectivity index (χ0n) is 45.0. The summed E-state index contributed by atoms with van der Waals surface area (Å²) < 4.78 is 79.1. The quantitative estimate of drug-likeness (QED) is 0.176. The Morgan fingerprint density at radius 1 is 0.468 bits per heavy atom. The number of benzene rings is 7. The Balaban J connectivity index is 1.24. The van der Waals surface area contributed by atoms with Crippen molar-refractivity contribution in [1.82, 2.24) is 4.98 Å². The lowest BCUT2D eigenvalue weighted by Gasteiger charge is -2.34. The maximum absolute atomic E-state index is 8.78. The van der Waals surface area contributed by atoms with Crippen molar-refractivity contribution in [3.8, 4) is 44.5 Å². The monoisotopic (exact) mass is 811 g/mol. The van der Waals surface area contributed by atoms with E-state index in [4.69, 9.17) is 17.3 Å². The Hall–Kier alpha value is -6.51. The van der Waals surface area contributed by atoms with Crippen molar-refractivity contribution in [3.63, 3.8) is 0 Å². The third kappa shape index (κ3) is 5.45. The largest absolute Gasteiger partial charge is 0.310 e. The second-order valence-electron chi connectivity index (χ2n) is 19.0. The van der Waals surface area contributed by atoms with Gasteiger partial charge >= 0.3 is 0 Å². The first-order valence-corrected chi connectivity index (χ1v) is 21.5. The molecule has 304 valence electrons. The number of fused-ring (bicyclic) bond motifs is 13. The maximum atomic E-state index is 8.78. The summed E-state index contributed by atoms with van der Waals surface area (Å²) in [6.07, 6.45) is 1.91. The minimum atomic E-state index is -3.44. The van der Waals surface area contributed by atoms with Crippen molar-refractivity contribution in [2.75, 3.05) is 4.90 Å². The van der Waals surface area contributed by atoms with Crippen LogP contribution in [0.5, 0.6) is 0 Å². The minimum absolute atomic E-state index is 0.273. The molecule has 0 saturated heterocycles. The average Bonchev–Trinajstić information content (AvgIpc) is 3.85. The predicted octanol–water partition coefficient (Wildman–Crippen LogP) is 15.8. The van der Waals surface area contributed by atoms with E-state index >= 15 is 0 Å². The molecule has 1 heterocycles. The third-order valence-electron chi connectivity index (χ3n) is 13.9. The van der Waals surface area contributed by atoms with Crippen LogP contribution in [0.25, 0.3) is 44.5 Å². The molecule has 0 radical (unpaired) electrons. The molecule has 3 aliphatic carbocycles. The topological polar surface area (TPSA) is 16.1 Å². The second-order valence-corrected chi connectivity index (χ2v) is 19.0. The highest BCUT2D eigenvalue weighted by Crippen LogP contribution is 2.64. The smallest absolute Gasteiger partial charge is 0.0726 e. The predicted molar refractivity (Wildman–Crippen MR) is 260 cm³/mol. The molecule has 11 rings (SSSR count). The van der Waals surface area contributed by atoms with Crippen LogP contribution < -0.4 is 4.90 Å². The van der Waals surface area contributed by atoms with Gasteiger partial charge in [-0.3, -0.25) is 4.98 Å². The number of hydrogen-bond acceptors (Lipinski definition) is 2. The SMILES string of the molecule is [2H]C([2H])([2H])C(c1ccc2c(c1)C1(c3ccccc3-c3ccc(N(c4ccc5c(c4)C(C)(C)c4ccccc4-5)c4ccccc4-c4ccc(C)nc4)cc31)c1cc(C(C)(C)C)ccc1-2)(C([2H])([2H])[2H])C([2H])([2H])[2H]. The summed E-state index contributed by atoms with van der Waals surface area (Å²) in [5, 5.41) is 0. The summed E-state index contributed by atoms with van der Waals surface area (Å²) in [6, 6.07) is 53.9. The van der Waals surface area contributed by atoms with Crippen molar-refractivity contribution in [1.29, 1.82) is 0 Å². The van der Waals surface area contributed by atoms with Gasteiger partial charge in [0.05, 0.1) is 11.1 Å². The van der Waals surface area contributed by atoms with Crippen molar-refractivity contribution >= 4 is 17.1 Å². The number of nitrogens with zero attached hydrogens (tertiary/aromatic N) is 2. The highest BCUT2D eigenvalue weighted by Gasteiger charge is 2.52. The van der Waals surface area contributed by atoms with Crippen LogP contribution in [0.4, 0.5) is 17.1 Å². The highest BCUT2D eigenvalue weighted by atomic mass is 15.1. The molecule has 1 unspecified atom stereocenters. The first kappa shape index (κ1) is 29.7. The standard InChI is InChI=1S/C60H54N2/c1-37-22-23-38(36-61-37)43-16-12-15-21-56(43)62(41-26-30-46-44-17-10-13-19-50(44)59(8,9)52(46)34-41)42-27-31-49-45-18-11-14-20-51(45)60(55(49)35-42)53-32-39(57(2,3)4)24-28-47(53)48-29-25-40(33-54(48)60)58(5,6)7/h10-36H,1-9H3/i2D3,3D3,4D3. The molecule has 0 fully saturated rings. The van der Waals surface area contributed by atoms with Crippen LogP contribution in [0, 0.1) is 6.92 Å². The van der Waals surface area contributed by atoms with E-state index in [0.717, 1.165) is 78.4 Å². The van der Waals surface area contributed by atoms with E-state index in [9.17, 15) is 0 Å². The average molecular weight is 812 g/mol. The van der Waals surface area contributed by atoms with Crippen LogP contribution >= 0.6 is 0 Å². The molecule has 1 atom stereocenters. The van der Waals surface area contributed by atoms with Crippen molar-refractivity contribution in [3.05, 3.63) is 214 Å².